The average molecular weight is 422 g/mol. The van der Waals surface area contributed by atoms with E-state index in [0.717, 1.165) is 24.2 Å². The number of ether oxygens (including phenoxy) is 1. The third-order valence-electron chi connectivity index (χ3n) is 5.41. The molecular formula is C23H23N3O3S. The molecule has 0 aliphatic carbocycles. The second-order valence-electron chi connectivity index (χ2n) is 7.40. The van der Waals surface area contributed by atoms with Crippen LogP contribution in [-0.2, 0) is 9.59 Å². The van der Waals surface area contributed by atoms with Gasteiger partial charge in [0.1, 0.15) is 11.3 Å². The summed E-state index contributed by atoms with van der Waals surface area (Å²) in [5, 5.41) is 2.68. The van der Waals surface area contributed by atoms with E-state index < -0.39 is 11.8 Å². The Morgan fingerprint density at radius 1 is 1.07 bits per heavy atom. The molecule has 7 heteroatoms. The van der Waals surface area contributed by atoms with Crippen LogP contribution in [0, 0.1) is 6.92 Å². The number of carbonyl (C=O) groups is 2. The van der Waals surface area contributed by atoms with Gasteiger partial charge < -0.3 is 9.64 Å². The fraction of sp³-hybridized carbons (Fsp3) is 0.261. The molecule has 6 nitrogen and oxygen atoms in total. The Bertz CT molecular complexity index is 1040. The Hall–Kier alpha value is -3.19. The SMILES string of the molecule is COc1ccc(N2C(=O)/C(=C\c3ccc(N4CCCC4)c(C)c3)C(=O)NC2=S)cc1. The summed E-state index contributed by atoms with van der Waals surface area (Å²) >= 11 is 5.25. The van der Waals surface area contributed by atoms with Crippen molar-refractivity contribution in [1.29, 1.82) is 0 Å². The average Bonchev–Trinajstić information content (AvgIpc) is 3.26. The predicted molar refractivity (Wildman–Crippen MR) is 122 cm³/mol. The first-order valence-electron chi connectivity index (χ1n) is 9.89. The van der Waals surface area contributed by atoms with E-state index in [-0.39, 0.29) is 10.7 Å². The van der Waals surface area contributed by atoms with E-state index in [1.807, 2.05) is 12.1 Å². The Labute approximate surface area is 181 Å². The number of nitrogens with one attached hydrogen (secondary N) is 1. The molecule has 0 saturated carbocycles. The summed E-state index contributed by atoms with van der Waals surface area (Å²) in [6.45, 7) is 4.18. The van der Waals surface area contributed by atoms with Crippen molar-refractivity contribution >= 4 is 46.6 Å². The van der Waals surface area contributed by atoms with Gasteiger partial charge >= 0.3 is 0 Å². The maximum atomic E-state index is 13.1. The fourth-order valence-electron chi connectivity index (χ4n) is 3.87. The third kappa shape index (κ3) is 3.80. The number of hydrogen-bond donors (Lipinski definition) is 1. The lowest BCUT2D eigenvalue weighted by Gasteiger charge is -2.29. The molecular weight excluding hydrogens is 398 g/mol. The zero-order chi connectivity index (χ0) is 21.3. The third-order valence-corrected chi connectivity index (χ3v) is 5.70. The van der Waals surface area contributed by atoms with Crippen LogP contribution in [0.5, 0.6) is 5.75 Å². The molecule has 2 saturated heterocycles. The number of carbonyl (C=O) groups excluding carboxylic acids is 2. The van der Waals surface area contributed by atoms with Crippen molar-refractivity contribution in [2.75, 3.05) is 30.0 Å². The monoisotopic (exact) mass is 421 g/mol. The summed E-state index contributed by atoms with van der Waals surface area (Å²) in [4.78, 5) is 29.3. The smallest absolute Gasteiger partial charge is 0.270 e. The van der Waals surface area contributed by atoms with Gasteiger partial charge in [-0.25, -0.2) is 0 Å². The molecule has 2 aromatic rings. The van der Waals surface area contributed by atoms with Crippen molar-refractivity contribution in [3.63, 3.8) is 0 Å². The molecule has 0 bridgehead atoms. The van der Waals surface area contributed by atoms with Gasteiger partial charge in [-0.1, -0.05) is 6.07 Å². The molecule has 2 amide bonds. The maximum Gasteiger partial charge on any atom is 0.270 e. The van der Waals surface area contributed by atoms with Crippen LogP contribution in [0.4, 0.5) is 11.4 Å². The van der Waals surface area contributed by atoms with Gasteiger partial charge in [0.2, 0.25) is 0 Å². The number of nitrogens with zero attached hydrogens (tertiary/aromatic N) is 2. The van der Waals surface area contributed by atoms with E-state index >= 15 is 0 Å². The zero-order valence-corrected chi connectivity index (χ0v) is 17.8. The highest BCUT2D eigenvalue weighted by molar-refractivity contribution is 7.80. The molecule has 30 heavy (non-hydrogen) atoms. The van der Waals surface area contributed by atoms with E-state index in [4.69, 9.17) is 17.0 Å². The fourth-order valence-corrected chi connectivity index (χ4v) is 4.15. The lowest BCUT2D eigenvalue weighted by Crippen LogP contribution is -2.54. The molecule has 2 aromatic carbocycles. The molecule has 0 atom stereocenters. The Kier molecular flexibility index (Phi) is 5.55. The summed E-state index contributed by atoms with van der Waals surface area (Å²) in [5.74, 6) is -0.270. The summed E-state index contributed by atoms with van der Waals surface area (Å²) in [6, 6.07) is 13.0. The van der Waals surface area contributed by atoms with Crippen LogP contribution in [0.15, 0.2) is 48.0 Å². The molecule has 4 rings (SSSR count). The Morgan fingerprint density at radius 3 is 2.40 bits per heavy atom. The highest BCUT2D eigenvalue weighted by Gasteiger charge is 2.34. The first kappa shape index (κ1) is 20.1. The number of methoxy groups -OCH3 is 1. The van der Waals surface area contributed by atoms with E-state index in [2.05, 4.69) is 23.2 Å². The minimum absolute atomic E-state index is 0.0488. The molecule has 154 valence electrons. The van der Waals surface area contributed by atoms with Gasteiger partial charge in [-0.05, 0) is 85.6 Å². The number of aryl methyl sites for hydroxylation is 1. The van der Waals surface area contributed by atoms with Crippen LogP contribution in [-0.4, -0.2) is 37.1 Å². The van der Waals surface area contributed by atoms with Gasteiger partial charge in [-0.3, -0.25) is 19.8 Å². The number of amides is 2. The molecule has 2 fully saturated rings. The van der Waals surface area contributed by atoms with E-state index in [0.29, 0.717) is 11.4 Å². The van der Waals surface area contributed by atoms with Crippen molar-refractivity contribution in [2.45, 2.75) is 19.8 Å². The standard InChI is InChI=1S/C23H23N3O3S/c1-15-13-16(5-10-20(15)25-11-3-4-12-25)14-19-21(27)24-23(30)26(22(19)28)17-6-8-18(29-2)9-7-17/h5-10,13-14H,3-4,11-12H2,1-2H3,(H,24,27,30)/b19-14-. The van der Waals surface area contributed by atoms with E-state index in [1.54, 1.807) is 37.5 Å². The minimum atomic E-state index is -0.490. The molecule has 0 aromatic heterocycles. The van der Waals surface area contributed by atoms with Crippen LogP contribution in [0.1, 0.15) is 24.0 Å². The highest BCUT2D eigenvalue weighted by Crippen LogP contribution is 2.27. The highest BCUT2D eigenvalue weighted by atomic mass is 32.1. The van der Waals surface area contributed by atoms with Gasteiger partial charge in [0.05, 0.1) is 12.8 Å². The predicted octanol–water partition coefficient (Wildman–Crippen LogP) is 3.44. The number of hydrogen-bond acceptors (Lipinski definition) is 5. The Balaban J connectivity index is 1.64. The molecule has 1 N–H and O–H groups in total. The molecule has 0 spiro atoms. The summed E-state index contributed by atoms with van der Waals surface area (Å²) in [7, 11) is 1.57. The van der Waals surface area contributed by atoms with Crippen molar-refractivity contribution < 1.29 is 14.3 Å². The van der Waals surface area contributed by atoms with Gasteiger partial charge in [0.25, 0.3) is 11.8 Å². The summed E-state index contributed by atoms with van der Waals surface area (Å²) in [5.41, 5.74) is 3.74. The number of rotatable bonds is 4. The second kappa shape index (κ2) is 8.28. The first-order valence-corrected chi connectivity index (χ1v) is 10.3. The van der Waals surface area contributed by atoms with Gasteiger partial charge in [-0.15, -0.1) is 0 Å². The van der Waals surface area contributed by atoms with Crippen LogP contribution < -0.4 is 19.9 Å². The van der Waals surface area contributed by atoms with Crippen molar-refractivity contribution in [1.82, 2.24) is 5.32 Å². The second-order valence-corrected chi connectivity index (χ2v) is 7.78. The van der Waals surface area contributed by atoms with Crippen molar-refractivity contribution in [2.24, 2.45) is 0 Å². The molecule has 2 aliphatic heterocycles. The van der Waals surface area contributed by atoms with Gasteiger partial charge in [0, 0.05) is 18.8 Å². The maximum absolute atomic E-state index is 13.1. The van der Waals surface area contributed by atoms with Gasteiger partial charge in [0.15, 0.2) is 5.11 Å². The summed E-state index contributed by atoms with van der Waals surface area (Å²) < 4.78 is 5.16. The van der Waals surface area contributed by atoms with Gasteiger partial charge in [-0.2, -0.15) is 0 Å². The molecule has 2 heterocycles. The van der Waals surface area contributed by atoms with Crippen LogP contribution >= 0.6 is 12.2 Å². The largest absolute Gasteiger partial charge is 0.497 e. The molecule has 0 radical (unpaired) electrons. The topological polar surface area (TPSA) is 61.9 Å². The zero-order valence-electron chi connectivity index (χ0n) is 17.0. The molecule has 0 unspecified atom stereocenters. The summed E-state index contributed by atoms with van der Waals surface area (Å²) in [6.07, 6.45) is 4.04. The first-order chi connectivity index (χ1) is 14.5. The van der Waals surface area contributed by atoms with Crippen molar-refractivity contribution in [3.8, 4) is 5.75 Å². The van der Waals surface area contributed by atoms with Crippen molar-refractivity contribution in [3.05, 3.63) is 59.2 Å². The normalized spacial score (nSPS) is 18.2. The van der Waals surface area contributed by atoms with E-state index in [9.17, 15) is 9.59 Å². The number of benzene rings is 2. The lowest BCUT2D eigenvalue weighted by molar-refractivity contribution is -0.122. The van der Waals surface area contributed by atoms with Crippen LogP contribution in [0.3, 0.4) is 0 Å². The quantitative estimate of drug-likeness (QED) is 0.466. The number of thiocarbonyl (C=S) groups is 1. The van der Waals surface area contributed by atoms with Crippen LogP contribution in [0.2, 0.25) is 0 Å². The minimum Gasteiger partial charge on any atom is -0.497 e. The lowest BCUT2D eigenvalue weighted by atomic mass is 10.0. The molecule has 2 aliphatic rings. The van der Waals surface area contributed by atoms with E-state index in [1.165, 1.54) is 23.4 Å². The Morgan fingerprint density at radius 2 is 1.77 bits per heavy atom. The number of anilines is 2. The van der Waals surface area contributed by atoms with Crippen LogP contribution in [0.25, 0.3) is 6.08 Å².